The summed E-state index contributed by atoms with van der Waals surface area (Å²) in [5, 5.41) is 21.3. The van der Waals surface area contributed by atoms with E-state index in [0.29, 0.717) is 16.6 Å². The van der Waals surface area contributed by atoms with E-state index < -0.39 is 35.3 Å². The first-order chi connectivity index (χ1) is 10.7. The van der Waals surface area contributed by atoms with E-state index in [4.69, 9.17) is 5.11 Å². The van der Waals surface area contributed by atoms with Crippen molar-refractivity contribution in [3.63, 3.8) is 0 Å². The number of nitrogens with one attached hydrogen (secondary N) is 1. The second-order valence-corrected chi connectivity index (χ2v) is 5.45. The van der Waals surface area contributed by atoms with Crippen LogP contribution >= 0.6 is 0 Å². The van der Waals surface area contributed by atoms with Crippen molar-refractivity contribution < 1.29 is 19.8 Å². The molecule has 0 radical (unpaired) electrons. The van der Waals surface area contributed by atoms with Gasteiger partial charge in [0.1, 0.15) is 17.9 Å². The molecule has 0 saturated carbocycles. The monoisotopic (exact) mass is 319 g/mol. The minimum atomic E-state index is -1.25. The third-order valence-electron chi connectivity index (χ3n) is 3.49. The first-order valence-corrected chi connectivity index (χ1v) is 6.95. The molecule has 122 valence electrons. The Hall–Kier alpha value is -2.90. The summed E-state index contributed by atoms with van der Waals surface area (Å²) in [6.45, 7) is 3.20. The highest BCUT2D eigenvalue weighted by molar-refractivity contribution is 6.03. The van der Waals surface area contributed by atoms with Crippen LogP contribution in [0.15, 0.2) is 17.1 Å². The molecule has 0 saturated heterocycles. The molecule has 2 aromatic heterocycles. The predicted octanol–water partition coefficient (Wildman–Crippen LogP) is 0.577. The van der Waals surface area contributed by atoms with E-state index in [0.717, 1.165) is 0 Å². The van der Waals surface area contributed by atoms with Crippen LogP contribution < -0.4 is 10.9 Å². The minimum absolute atomic E-state index is 0.0975. The number of nitrogens with zero attached hydrogens (tertiary/aromatic N) is 2. The minimum Gasteiger partial charge on any atom is -0.506 e. The second-order valence-electron chi connectivity index (χ2n) is 5.45. The molecule has 0 unspecified atom stereocenters. The van der Waals surface area contributed by atoms with Gasteiger partial charge in [-0.15, -0.1) is 0 Å². The van der Waals surface area contributed by atoms with Crippen molar-refractivity contribution in [3.05, 3.63) is 33.9 Å². The third-order valence-corrected chi connectivity index (χ3v) is 3.49. The maximum atomic E-state index is 12.3. The third kappa shape index (κ3) is 3.01. The number of aryl methyl sites for hydroxylation is 1. The number of aromatic nitrogens is 2. The zero-order valence-electron chi connectivity index (χ0n) is 13.0. The molecule has 2 heterocycles. The molecule has 0 aliphatic rings. The van der Waals surface area contributed by atoms with Crippen molar-refractivity contribution in [2.75, 3.05) is 6.54 Å². The van der Waals surface area contributed by atoms with Gasteiger partial charge in [0.25, 0.3) is 11.5 Å². The number of carboxylic acid groups (broad SMARTS) is 1. The molecule has 2 aromatic rings. The summed E-state index contributed by atoms with van der Waals surface area (Å²) in [7, 11) is 1.45. The van der Waals surface area contributed by atoms with Crippen LogP contribution in [0.2, 0.25) is 0 Å². The summed E-state index contributed by atoms with van der Waals surface area (Å²) in [6, 6.07) is 1.61. The number of amides is 1. The quantitative estimate of drug-likeness (QED) is 0.757. The summed E-state index contributed by atoms with van der Waals surface area (Å²) in [4.78, 5) is 39.1. The van der Waals surface area contributed by atoms with Crippen LogP contribution in [0, 0.1) is 0 Å². The average Bonchev–Trinajstić information content (AvgIpc) is 2.50. The molecule has 0 atom stereocenters. The van der Waals surface area contributed by atoms with Gasteiger partial charge in [0.15, 0.2) is 0 Å². The molecule has 0 aromatic carbocycles. The van der Waals surface area contributed by atoms with Crippen LogP contribution in [0.1, 0.15) is 35.8 Å². The zero-order valence-corrected chi connectivity index (χ0v) is 13.0. The van der Waals surface area contributed by atoms with Gasteiger partial charge in [0.2, 0.25) is 0 Å². The Morgan fingerprint density at radius 1 is 1.39 bits per heavy atom. The summed E-state index contributed by atoms with van der Waals surface area (Å²) >= 11 is 0. The molecule has 0 bridgehead atoms. The van der Waals surface area contributed by atoms with Gasteiger partial charge in [-0.1, -0.05) is 13.8 Å². The van der Waals surface area contributed by atoms with Gasteiger partial charge in [-0.25, -0.2) is 0 Å². The van der Waals surface area contributed by atoms with Gasteiger partial charge < -0.3 is 20.1 Å². The molecular formula is C15H17N3O5. The Kier molecular flexibility index (Phi) is 4.35. The fourth-order valence-corrected chi connectivity index (χ4v) is 2.20. The number of carbonyl (C=O) groups excluding carboxylic acids is 1. The number of hydrogen-bond donors (Lipinski definition) is 3. The van der Waals surface area contributed by atoms with Crippen LogP contribution in [0.25, 0.3) is 10.9 Å². The van der Waals surface area contributed by atoms with Gasteiger partial charge in [0.05, 0.1) is 11.7 Å². The standard InChI is InChI=1S/C15H17N3O5/c1-7(2)9-4-8-10(5-16-9)18(3)15(23)12(13(8)21)14(22)17-6-11(19)20/h4-5,7,21H,6H2,1-3H3,(H,17,22)(H,19,20). The summed E-state index contributed by atoms with van der Waals surface area (Å²) in [5.74, 6) is -2.56. The van der Waals surface area contributed by atoms with Crippen LogP contribution in [-0.4, -0.2) is 38.2 Å². The number of fused-ring (bicyclic) bond motifs is 1. The topological polar surface area (TPSA) is 122 Å². The smallest absolute Gasteiger partial charge is 0.322 e. The number of rotatable bonds is 4. The van der Waals surface area contributed by atoms with Crippen LogP contribution in [0.4, 0.5) is 0 Å². The first-order valence-electron chi connectivity index (χ1n) is 6.95. The van der Waals surface area contributed by atoms with Gasteiger partial charge in [-0.2, -0.15) is 0 Å². The molecule has 8 heteroatoms. The number of carbonyl (C=O) groups is 2. The second kappa shape index (κ2) is 6.07. The molecule has 3 N–H and O–H groups in total. The van der Waals surface area contributed by atoms with Gasteiger partial charge in [0, 0.05) is 18.1 Å². The summed E-state index contributed by atoms with van der Waals surface area (Å²) in [5.41, 5.74) is -0.130. The van der Waals surface area contributed by atoms with E-state index in [-0.39, 0.29) is 5.92 Å². The number of hydrogen-bond acceptors (Lipinski definition) is 5. The van der Waals surface area contributed by atoms with Gasteiger partial charge in [-0.05, 0) is 12.0 Å². The molecule has 23 heavy (non-hydrogen) atoms. The lowest BCUT2D eigenvalue weighted by atomic mass is 10.1. The fraction of sp³-hybridized carbons (Fsp3) is 0.333. The molecule has 8 nitrogen and oxygen atoms in total. The van der Waals surface area contributed by atoms with Gasteiger partial charge >= 0.3 is 5.97 Å². The Bertz CT molecular complexity index is 854. The Morgan fingerprint density at radius 2 is 2.04 bits per heavy atom. The van der Waals surface area contributed by atoms with Crippen molar-refractivity contribution in [1.29, 1.82) is 0 Å². The number of aliphatic carboxylic acids is 1. The Morgan fingerprint density at radius 3 is 2.61 bits per heavy atom. The van der Waals surface area contributed by atoms with Crippen LogP contribution in [0.3, 0.4) is 0 Å². The molecule has 0 aliphatic carbocycles. The lowest BCUT2D eigenvalue weighted by molar-refractivity contribution is -0.135. The van der Waals surface area contributed by atoms with E-state index in [2.05, 4.69) is 10.3 Å². The molecule has 0 spiro atoms. The van der Waals surface area contributed by atoms with Crippen molar-refractivity contribution in [2.45, 2.75) is 19.8 Å². The largest absolute Gasteiger partial charge is 0.506 e. The highest BCUT2D eigenvalue weighted by Gasteiger charge is 2.22. The average molecular weight is 319 g/mol. The van der Waals surface area contributed by atoms with E-state index in [9.17, 15) is 19.5 Å². The number of aromatic hydroxyl groups is 1. The van der Waals surface area contributed by atoms with Crippen molar-refractivity contribution in [2.24, 2.45) is 7.05 Å². The number of carboxylic acids is 1. The van der Waals surface area contributed by atoms with E-state index >= 15 is 0 Å². The Labute approximate surface area is 131 Å². The van der Waals surface area contributed by atoms with Crippen molar-refractivity contribution in [3.8, 4) is 5.75 Å². The van der Waals surface area contributed by atoms with Crippen molar-refractivity contribution >= 4 is 22.8 Å². The normalized spacial score (nSPS) is 11.0. The lowest BCUT2D eigenvalue weighted by Gasteiger charge is -2.13. The van der Waals surface area contributed by atoms with E-state index in [1.165, 1.54) is 17.8 Å². The number of pyridine rings is 2. The SMILES string of the molecule is CC(C)c1cc2c(O)c(C(=O)NCC(=O)O)c(=O)n(C)c2cn1. The summed E-state index contributed by atoms with van der Waals surface area (Å²) in [6.07, 6.45) is 1.46. The molecule has 0 fully saturated rings. The highest BCUT2D eigenvalue weighted by Crippen LogP contribution is 2.27. The zero-order chi connectivity index (χ0) is 17.3. The fourth-order valence-electron chi connectivity index (χ4n) is 2.20. The lowest BCUT2D eigenvalue weighted by Crippen LogP contribution is -2.35. The van der Waals surface area contributed by atoms with Crippen molar-refractivity contribution in [1.82, 2.24) is 14.9 Å². The van der Waals surface area contributed by atoms with Gasteiger partial charge in [-0.3, -0.25) is 19.4 Å². The first kappa shape index (κ1) is 16.5. The summed E-state index contributed by atoms with van der Waals surface area (Å²) < 4.78 is 1.20. The molecule has 0 aliphatic heterocycles. The van der Waals surface area contributed by atoms with E-state index in [1.54, 1.807) is 6.07 Å². The highest BCUT2D eigenvalue weighted by atomic mass is 16.4. The maximum Gasteiger partial charge on any atom is 0.322 e. The van der Waals surface area contributed by atoms with Crippen LogP contribution in [0.5, 0.6) is 5.75 Å². The molecule has 1 amide bonds. The predicted molar refractivity (Wildman–Crippen MR) is 82.7 cm³/mol. The molecule has 2 rings (SSSR count). The Balaban J connectivity index is 2.68. The molecular weight excluding hydrogens is 302 g/mol. The van der Waals surface area contributed by atoms with Crippen LogP contribution in [-0.2, 0) is 11.8 Å². The van der Waals surface area contributed by atoms with E-state index in [1.807, 2.05) is 13.8 Å². The maximum absolute atomic E-state index is 12.3.